The molecule has 0 radical (unpaired) electrons. The first-order valence-corrected chi connectivity index (χ1v) is 7.13. The molecule has 0 aliphatic carbocycles. The van der Waals surface area contributed by atoms with Gasteiger partial charge in [0, 0.05) is 6.07 Å². The number of aromatic amines is 1. The Bertz CT molecular complexity index is 1090. The molecule has 118 valence electrons. The second kappa shape index (κ2) is 5.24. The molecule has 3 heterocycles. The fraction of sp³-hybridized carbons (Fsp3) is 0. The van der Waals surface area contributed by atoms with E-state index in [1.165, 1.54) is 12.3 Å². The minimum atomic E-state index is -1.17. The van der Waals surface area contributed by atoms with E-state index in [4.69, 9.17) is 9.52 Å². The van der Waals surface area contributed by atoms with Gasteiger partial charge in [-0.2, -0.15) is 0 Å². The third kappa shape index (κ3) is 2.11. The van der Waals surface area contributed by atoms with Crippen LogP contribution in [0.15, 0.2) is 64.0 Å². The Morgan fingerprint density at radius 1 is 1.17 bits per heavy atom. The van der Waals surface area contributed by atoms with Gasteiger partial charge in [-0.3, -0.25) is 9.89 Å². The first-order valence-electron chi connectivity index (χ1n) is 7.13. The number of carboxylic acid groups (broad SMARTS) is 1. The fourth-order valence-electron chi connectivity index (χ4n) is 2.59. The van der Waals surface area contributed by atoms with Crippen LogP contribution in [-0.4, -0.2) is 25.7 Å². The molecule has 1 aromatic carbocycles. The summed E-state index contributed by atoms with van der Waals surface area (Å²) in [6.45, 7) is 0. The SMILES string of the molecule is O=C(O)c1cc2nc(-c3ccco3)c(-c3ccccc3)c(=O)n2[nH]1. The van der Waals surface area contributed by atoms with Crippen molar-refractivity contribution >= 4 is 11.6 Å². The van der Waals surface area contributed by atoms with Crippen molar-refractivity contribution in [3.8, 4) is 22.6 Å². The Hall–Kier alpha value is -3.61. The van der Waals surface area contributed by atoms with Crippen LogP contribution in [0.5, 0.6) is 0 Å². The molecule has 0 saturated heterocycles. The van der Waals surface area contributed by atoms with E-state index in [0.29, 0.717) is 22.6 Å². The normalized spacial score (nSPS) is 11.0. The number of hydrogen-bond acceptors (Lipinski definition) is 4. The summed E-state index contributed by atoms with van der Waals surface area (Å²) >= 11 is 0. The van der Waals surface area contributed by atoms with E-state index >= 15 is 0 Å². The number of rotatable bonds is 3. The highest BCUT2D eigenvalue weighted by Gasteiger charge is 2.20. The lowest BCUT2D eigenvalue weighted by Crippen LogP contribution is -2.19. The second-order valence-corrected chi connectivity index (χ2v) is 5.15. The number of aromatic nitrogens is 3. The number of H-pyrrole nitrogens is 1. The van der Waals surface area contributed by atoms with Gasteiger partial charge in [0.1, 0.15) is 11.4 Å². The van der Waals surface area contributed by atoms with Crippen molar-refractivity contribution < 1.29 is 14.3 Å². The number of benzene rings is 1. The third-order valence-electron chi connectivity index (χ3n) is 3.66. The van der Waals surface area contributed by atoms with Crippen molar-refractivity contribution in [1.29, 1.82) is 0 Å². The number of fused-ring (bicyclic) bond motifs is 1. The average molecular weight is 321 g/mol. The second-order valence-electron chi connectivity index (χ2n) is 5.15. The summed E-state index contributed by atoms with van der Waals surface area (Å²) in [6.07, 6.45) is 1.49. The smallest absolute Gasteiger partial charge is 0.353 e. The number of hydrogen-bond donors (Lipinski definition) is 2. The molecule has 0 saturated carbocycles. The highest BCUT2D eigenvalue weighted by molar-refractivity contribution is 5.87. The molecule has 7 nitrogen and oxygen atoms in total. The number of furan rings is 1. The molecule has 4 aromatic rings. The molecular weight excluding hydrogens is 310 g/mol. The van der Waals surface area contributed by atoms with Crippen molar-refractivity contribution in [2.75, 3.05) is 0 Å². The summed E-state index contributed by atoms with van der Waals surface area (Å²) in [5.41, 5.74) is 1.07. The Kier molecular flexibility index (Phi) is 3.06. The van der Waals surface area contributed by atoms with Crippen molar-refractivity contribution in [2.24, 2.45) is 0 Å². The van der Waals surface area contributed by atoms with Crippen LogP contribution in [0.2, 0.25) is 0 Å². The number of carboxylic acids is 1. The van der Waals surface area contributed by atoms with Gasteiger partial charge in [0.2, 0.25) is 0 Å². The molecule has 7 heteroatoms. The monoisotopic (exact) mass is 321 g/mol. The first kappa shape index (κ1) is 14.0. The lowest BCUT2D eigenvalue weighted by Gasteiger charge is -2.07. The van der Waals surface area contributed by atoms with Crippen LogP contribution in [0.1, 0.15) is 10.5 Å². The lowest BCUT2D eigenvalue weighted by atomic mass is 10.0. The zero-order chi connectivity index (χ0) is 16.7. The van der Waals surface area contributed by atoms with Gasteiger partial charge in [-0.05, 0) is 17.7 Å². The Morgan fingerprint density at radius 2 is 1.96 bits per heavy atom. The zero-order valence-electron chi connectivity index (χ0n) is 12.3. The summed E-state index contributed by atoms with van der Waals surface area (Å²) < 4.78 is 6.53. The van der Waals surface area contributed by atoms with Crippen LogP contribution in [-0.2, 0) is 0 Å². The summed E-state index contributed by atoms with van der Waals surface area (Å²) in [5, 5.41) is 11.7. The van der Waals surface area contributed by atoms with Crippen LogP contribution in [0.3, 0.4) is 0 Å². The van der Waals surface area contributed by atoms with E-state index in [0.717, 1.165) is 4.52 Å². The standard InChI is InChI=1S/C17H11N3O4/c21-16-14(10-5-2-1-3-6-10)15(12-7-4-8-24-12)18-13-9-11(17(22)23)19-20(13)16/h1-9,19H,(H,22,23). The number of aromatic carboxylic acids is 1. The Balaban J connectivity index is 2.11. The molecule has 24 heavy (non-hydrogen) atoms. The predicted octanol–water partition coefficient (Wildman–Crippen LogP) is 2.65. The molecule has 0 atom stereocenters. The quantitative estimate of drug-likeness (QED) is 0.604. The largest absolute Gasteiger partial charge is 0.477 e. The van der Waals surface area contributed by atoms with Gasteiger partial charge in [0.25, 0.3) is 5.56 Å². The molecule has 4 rings (SSSR count). The molecular formula is C17H11N3O4. The molecule has 0 aliphatic rings. The minimum absolute atomic E-state index is 0.116. The highest BCUT2D eigenvalue weighted by Crippen LogP contribution is 2.28. The Labute approximate surface area is 134 Å². The van der Waals surface area contributed by atoms with Crippen LogP contribution >= 0.6 is 0 Å². The van der Waals surface area contributed by atoms with Crippen molar-refractivity contribution in [2.45, 2.75) is 0 Å². The van der Waals surface area contributed by atoms with E-state index in [-0.39, 0.29) is 11.3 Å². The number of carbonyl (C=O) groups is 1. The van der Waals surface area contributed by atoms with E-state index in [1.807, 2.05) is 18.2 Å². The van der Waals surface area contributed by atoms with E-state index < -0.39 is 11.5 Å². The summed E-state index contributed by atoms with van der Waals surface area (Å²) in [5.74, 6) is -0.729. The van der Waals surface area contributed by atoms with Gasteiger partial charge in [0.05, 0.1) is 11.8 Å². The maximum absolute atomic E-state index is 12.9. The van der Waals surface area contributed by atoms with Gasteiger partial charge in [-0.15, -0.1) is 0 Å². The van der Waals surface area contributed by atoms with Gasteiger partial charge in [-0.1, -0.05) is 30.3 Å². The topological polar surface area (TPSA) is 101 Å². The maximum atomic E-state index is 12.9. The van der Waals surface area contributed by atoms with Crippen LogP contribution in [0.25, 0.3) is 28.2 Å². The van der Waals surface area contributed by atoms with Gasteiger partial charge in [-0.25, -0.2) is 14.3 Å². The molecule has 0 amide bonds. The first-order chi connectivity index (χ1) is 11.6. The minimum Gasteiger partial charge on any atom is -0.477 e. The van der Waals surface area contributed by atoms with E-state index in [1.54, 1.807) is 24.3 Å². The third-order valence-corrected chi connectivity index (χ3v) is 3.66. The maximum Gasteiger partial charge on any atom is 0.353 e. The van der Waals surface area contributed by atoms with Crippen molar-refractivity contribution in [1.82, 2.24) is 14.6 Å². The molecule has 0 aliphatic heterocycles. The van der Waals surface area contributed by atoms with Crippen LogP contribution in [0, 0.1) is 0 Å². The van der Waals surface area contributed by atoms with Crippen LogP contribution in [0.4, 0.5) is 0 Å². The van der Waals surface area contributed by atoms with Crippen LogP contribution < -0.4 is 5.56 Å². The molecule has 0 fully saturated rings. The van der Waals surface area contributed by atoms with Gasteiger partial charge >= 0.3 is 5.97 Å². The zero-order valence-corrected chi connectivity index (χ0v) is 12.3. The van der Waals surface area contributed by atoms with Crippen molar-refractivity contribution in [3.05, 3.63) is 70.8 Å². The molecule has 0 unspecified atom stereocenters. The number of nitrogens with one attached hydrogen (secondary N) is 1. The van der Waals surface area contributed by atoms with Gasteiger partial charge in [0.15, 0.2) is 11.4 Å². The summed E-state index contributed by atoms with van der Waals surface area (Å²) in [6, 6.07) is 13.8. The molecule has 3 aromatic heterocycles. The fourth-order valence-corrected chi connectivity index (χ4v) is 2.59. The molecule has 2 N–H and O–H groups in total. The number of nitrogens with zero attached hydrogens (tertiary/aromatic N) is 2. The van der Waals surface area contributed by atoms with E-state index in [9.17, 15) is 9.59 Å². The van der Waals surface area contributed by atoms with Gasteiger partial charge < -0.3 is 9.52 Å². The molecule has 0 spiro atoms. The predicted molar refractivity (Wildman–Crippen MR) is 85.9 cm³/mol. The summed E-state index contributed by atoms with van der Waals surface area (Å²) in [4.78, 5) is 28.5. The average Bonchev–Trinajstić information content (AvgIpc) is 3.25. The molecule has 0 bridgehead atoms. The highest BCUT2D eigenvalue weighted by atomic mass is 16.4. The van der Waals surface area contributed by atoms with E-state index in [2.05, 4.69) is 10.1 Å². The Morgan fingerprint density at radius 3 is 2.62 bits per heavy atom. The van der Waals surface area contributed by atoms with Crippen molar-refractivity contribution in [3.63, 3.8) is 0 Å². The lowest BCUT2D eigenvalue weighted by molar-refractivity contribution is 0.0690. The summed E-state index contributed by atoms with van der Waals surface area (Å²) in [7, 11) is 0.